The second-order valence-corrected chi connectivity index (χ2v) is 11.4. The normalized spacial score (nSPS) is 15.5. The van der Waals surface area contributed by atoms with Crippen LogP contribution in [0, 0.1) is 18.2 Å². The van der Waals surface area contributed by atoms with Gasteiger partial charge in [-0.1, -0.05) is 23.7 Å². The van der Waals surface area contributed by atoms with E-state index >= 15 is 0 Å². The number of aryl methyl sites for hydroxylation is 1. The summed E-state index contributed by atoms with van der Waals surface area (Å²) in [4.78, 5) is 36.5. The smallest absolute Gasteiger partial charge is 0.435 e. The summed E-state index contributed by atoms with van der Waals surface area (Å²) in [5.74, 6) is 0.0897. The number of esters is 1. The molecule has 0 radical (unpaired) electrons. The maximum Gasteiger partial charge on any atom is 0.435 e. The molecule has 1 N–H and O–H groups in total. The fourth-order valence-electron chi connectivity index (χ4n) is 4.78. The minimum atomic E-state index is -0.791. The van der Waals surface area contributed by atoms with E-state index in [1.165, 1.54) is 24.1 Å². The lowest BCUT2D eigenvalue weighted by molar-refractivity contribution is -0.156. The summed E-state index contributed by atoms with van der Waals surface area (Å²) in [5, 5.41) is 7.46. The first-order valence-electron chi connectivity index (χ1n) is 13.0. The summed E-state index contributed by atoms with van der Waals surface area (Å²) in [6.07, 6.45) is 3.93. The number of rotatable bonds is 7. The first kappa shape index (κ1) is 29.4. The van der Waals surface area contributed by atoms with Crippen LogP contribution in [0.2, 0.25) is 5.02 Å². The summed E-state index contributed by atoms with van der Waals surface area (Å²) in [5.41, 5.74) is 0.274. The van der Waals surface area contributed by atoms with E-state index in [4.69, 9.17) is 21.1 Å². The largest absolute Gasteiger partial charge is 0.469 e. The molecule has 1 aliphatic heterocycles. The van der Waals surface area contributed by atoms with Gasteiger partial charge in [-0.05, 0) is 59.7 Å². The number of halogens is 2. The molecule has 1 saturated heterocycles. The average Bonchev–Trinajstić information content (AvgIpc) is 3.26. The van der Waals surface area contributed by atoms with Gasteiger partial charge in [0.25, 0.3) is 0 Å². The second kappa shape index (κ2) is 11.9. The number of carbonyl (C=O) groups is 2. The highest BCUT2D eigenvalue weighted by Gasteiger charge is 2.43. The van der Waals surface area contributed by atoms with E-state index in [1.807, 2.05) is 0 Å². The zero-order valence-electron chi connectivity index (χ0n) is 23.3. The van der Waals surface area contributed by atoms with Crippen LogP contribution in [0.1, 0.15) is 50.6 Å². The van der Waals surface area contributed by atoms with Crippen LogP contribution in [0.3, 0.4) is 0 Å². The molecule has 0 saturated carbocycles. The number of methoxy groups -OCH3 is 1. The van der Waals surface area contributed by atoms with E-state index in [9.17, 15) is 14.0 Å². The van der Waals surface area contributed by atoms with Crippen LogP contribution in [0.4, 0.5) is 20.8 Å². The Balaban J connectivity index is 1.45. The van der Waals surface area contributed by atoms with Crippen LogP contribution in [0.15, 0.2) is 36.7 Å². The summed E-state index contributed by atoms with van der Waals surface area (Å²) >= 11 is 5.94. The Kier molecular flexibility index (Phi) is 8.74. The number of nitrogens with one attached hydrogen (secondary N) is 1. The molecule has 0 unspecified atom stereocenters. The number of piperidine rings is 1. The van der Waals surface area contributed by atoms with Crippen molar-refractivity contribution in [3.8, 4) is 0 Å². The van der Waals surface area contributed by atoms with Crippen molar-refractivity contribution >= 4 is 35.3 Å². The Bertz CT molecular complexity index is 1380. The maximum atomic E-state index is 14.4. The van der Waals surface area contributed by atoms with Crippen molar-refractivity contribution in [2.45, 2.75) is 59.1 Å². The maximum absolute atomic E-state index is 14.4. The van der Waals surface area contributed by atoms with E-state index in [0.29, 0.717) is 67.5 Å². The van der Waals surface area contributed by atoms with Crippen LogP contribution in [-0.2, 0) is 27.2 Å². The van der Waals surface area contributed by atoms with Gasteiger partial charge in [0.2, 0.25) is 0 Å². The first-order chi connectivity index (χ1) is 18.9. The summed E-state index contributed by atoms with van der Waals surface area (Å²) in [6, 6.07) is 6.67. The number of hydrogen-bond donors (Lipinski definition) is 1. The van der Waals surface area contributed by atoms with E-state index in [1.54, 1.807) is 52.1 Å². The number of likely N-dealkylation sites (tertiary alicyclic amines) is 1. The highest BCUT2D eigenvalue weighted by Crippen LogP contribution is 2.37. The Labute approximate surface area is 237 Å². The lowest BCUT2D eigenvalue weighted by Crippen LogP contribution is -2.46. The molecule has 3 heterocycles. The van der Waals surface area contributed by atoms with Gasteiger partial charge in [0, 0.05) is 36.5 Å². The van der Waals surface area contributed by atoms with Crippen LogP contribution in [-0.4, -0.2) is 62.5 Å². The molecule has 3 aromatic rings. The molecule has 1 fully saturated rings. The Morgan fingerprint density at radius 1 is 1.18 bits per heavy atom. The predicted molar refractivity (Wildman–Crippen MR) is 148 cm³/mol. The van der Waals surface area contributed by atoms with Gasteiger partial charge in [0.05, 0.1) is 29.4 Å². The molecule has 1 aliphatic rings. The fourth-order valence-corrected chi connectivity index (χ4v) is 4.97. The zero-order valence-corrected chi connectivity index (χ0v) is 24.1. The molecule has 2 aromatic heterocycles. The van der Waals surface area contributed by atoms with Crippen LogP contribution in [0.25, 0.3) is 0 Å². The average molecular weight is 573 g/mol. The molecule has 12 heteroatoms. The lowest BCUT2D eigenvalue weighted by Gasteiger charge is -2.39. The van der Waals surface area contributed by atoms with Crippen molar-refractivity contribution in [1.82, 2.24) is 24.6 Å². The highest BCUT2D eigenvalue weighted by atomic mass is 35.5. The molecule has 0 spiro atoms. The third-order valence-corrected chi connectivity index (χ3v) is 7.06. The summed E-state index contributed by atoms with van der Waals surface area (Å²) < 4.78 is 26.2. The van der Waals surface area contributed by atoms with Crippen molar-refractivity contribution < 1.29 is 23.5 Å². The van der Waals surface area contributed by atoms with Crippen molar-refractivity contribution in [2.24, 2.45) is 5.41 Å². The van der Waals surface area contributed by atoms with Gasteiger partial charge in [-0.2, -0.15) is 4.68 Å². The van der Waals surface area contributed by atoms with Gasteiger partial charge in [-0.3, -0.25) is 14.7 Å². The van der Waals surface area contributed by atoms with Crippen molar-refractivity contribution in [1.29, 1.82) is 0 Å². The molecule has 0 amide bonds. The van der Waals surface area contributed by atoms with Crippen molar-refractivity contribution in [3.63, 3.8) is 0 Å². The Morgan fingerprint density at radius 3 is 2.58 bits per heavy atom. The molecule has 0 aliphatic carbocycles. The second-order valence-electron chi connectivity index (χ2n) is 11.0. The number of ether oxygens (including phenoxy) is 2. The molecule has 0 atom stereocenters. The fraction of sp³-hybridized carbons (Fsp3) is 0.464. The summed E-state index contributed by atoms with van der Waals surface area (Å²) in [7, 11) is 1.38. The minimum absolute atomic E-state index is 0.0947. The lowest BCUT2D eigenvalue weighted by atomic mass is 9.74. The third kappa shape index (κ3) is 6.95. The van der Waals surface area contributed by atoms with Gasteiger partial charge in [-0.25, -0.2) is 14.2 Å². The predicted octanol–water partition coefficient (Wildman–Crippen LogP) is 5.30. The van der Waals surface area contributed by atoms with Crippen LogP contribution < -0.4 is 5.32 Å². The SMILES string of the molecule is COC(=O)C1(Cc2cncc(Nc3cc(C)n(C(=O)OC(C)(C)C)n3)n2)CCN(Cc2cccc(Cl)c2F)CC1. The Morgan fingerprint density at radius 2 is 1.90 bits per heavy atom. The van der Waals surface area contributed by atoms with Crippen molar-refractivity contribution in [3.05, 3.63) is 64.5 Å². The number of benzene rings is 1. The van der Waals surface area contributed by atoms with Crippen LogP contribution in [0.5, 0.6) is 0 Å². The van der Waals surface area contributed by atoms with E-state index in [0.717, 1.165) is 0 Å². The minimum Gasteiger partial charge on any atom is -0.469 e. The van der Waals surface area contributed by atoms with Gasteiger partial charge >= 0.3 is 12.1 Å². The van der Waals surface area contributed by atoms with Crippen LogP contribution >= 0.6 is 11.6 Å². The molecular formula is C28H34ClFN6O4. The van der Waals surface area contributed by atoms with E-state index < -0.39 is 22.9 Å². The number of hydrogen-bond acceptors (Lipinski definition) is 9. The molecule has 40 heavy (non-hydrogen) atoms. The van der Waals surface area contributed by atoms with Gasteiger partial charge in [-0.15, -0.1) is 5.10 Å². The molecule has 10 nitrogen and oxygen atoms in total. The number of carbonyl (C=O) groups excluding carboxylic acids is 2. The van der Waals surface area contributed by atoms with E-state index in [2.05, 4.69) is 25.3 Å². The number of aromatic nitrogens is 4. The summed E-state index contributed by atoms with van der Waals surface area (Å²) in [6.45, 7) is 8.66. The zero-order chi connectivity index (χ0) is 29.1. The third-order valence-electron chi connectivity index (χ3n) is 6.77. The Hall–Kier alpha value is -3.57. The monoisotopic (exact) mass is 572 g/mol. The quantitative estimate of drug-likeness (QED) is 0.377. The van der Waals surface area contributed by atoms with Gasteiger partial charge < -0.3 is 14.8 Å². The highest BCUT2D eigenvalue weighted by molar-refractivity contribution is 6.30. The molecule has 214 valence electrons. The van der Waals surface area contributed by atoms with Crippen molar-refractivity contribution in [2.75, 3.05) is 25.5 Å². The number of nitrogens with zero attached hydrogens (tertiary/aromatic N) is 5. The molecule has 1 aromatic carbocycles. The molecular weight excluding hydrogens is 539 g/mol. The van der Waals surface area contributed by atoms with E-state index in [-0.39, 0.29) is 11.0 Å². The molecule has 4 rings (SSSR count). The first-order valence-corrected chi connectivity index (χ1v) is 13.4. The van der Waals surface area contributed by atoms with Gasteiger partial charge in [0.1, 0.15) is 17.2 Å². The van der Waals surface area contributed by atoms with Gasteiger partial charge in [0.15, 0.2) is 5.82 Å². The topological polar surface area (TPSA) is 111 Å². The number of anilines is 2. The molecule has 0 bridgehead atoms. The standard InChI is InChI=1S/C28H34ClFN6O4/c1-18-13-22(34-36(18)26(38)40-27(2,3)4)33-23-16-31-15-20(32-23)14-28(25(37)39-5)9-11-35(12-10-28)17-19-7-6-8-21(29)24(19)30/h6-8,13,15-16H,9-12,14,17H2,1-5H3,(H,32,33,34).